The third kappa shape index (κ3) is 4.13. The number of hydrogen-bond acceptors (Lipinski definition) is 7. The highest BCUT2D eigenvalue weighted by molar-refractivity contribution is 6.00. The largest absolute Gasteiger partial charge is 0.370 e. The summed E-state index contributed by atoms with van der Waals surface area (Å²) in [6, 6.07) is 4.27. The lowest BCUT2D eigenvalue weighted by atomic mass is 9.87. The van der Waals surface area contributed by atoms with Crippen LogP contribution in [0.1, 0.15) is 79.2 Å². The fraction of sp³-hybridized carbons (Fsp3) is 0.536. The number of pyridine rings is 1. The van der Waals surface area contributed by atoms with Crippen LogP contribution >= 0.6 is 0 Å². The van der Waals surface area contributed by atoms with Crippen LogP contribution < -0.4 is 4.90 Å². The van der Waals surface area contributed by atoms with Gasteiger partial charge in [0.1, 0.15) is 17.5 Å². The summed E-state index contributed by atoms with van der Waals surface area (Å²) in [4.78, 5) is 27.4. The number of fused-ring (bicyclic) bond motifs is 2. The molecule has 9 heteroatoms. The highest BCUT2D eigenvalue weighted by Crippen LogP contribution is 2.46. The maximum atomic E-state index is 13.7. The number of anilines is 1. The van der Waals surface area contributed by atoms with Gasteiger partial charge >= 0.3 is 0 Å². The summed E-state index contributed by atoms with van der Waals surface area (Å²) in [6.07, 6.45) is 8.07. The number of amides is 1. The first kappa shape index (κ1) is 23.9. The van der Waals surface area contributed by atoms with E-state index in [1.165, 1.54) is 0 Å². The summed E-state index contributed by atoms with van der Waals surface area (Å²) in [5.41, 5.74) is 4.77. The minimum atomic E-state index is -0.313. The average molecular weight is 500 g/mol. The number of hydrogen-bond donors (Lipinski definition) is 0. The Morgan fingerprint density at radius 3 is 2.78 bits per heavy atom. The first-order chi connectivity index (χ1) is 17.8. The number of carbonyl (C=O) groups is 1. The Kier molecular flexibility index (Phi) is 5.68. The van der Waals surface area contributed by atoms with Crippen LogP contribution in [0.2, 0.25) is 0 Å². The monoisotopic (exact) mass is 499 g/mol. The van der Waals surface area contributed by atoms with Crippen molar-refractivity contribution in [3.8, 4) is 6.07 Å². The van der Waals surface area contributed by atoms with Gasteiger partial charge in [-0.15, -0.1) is 0 Å². The van der Waals surface area contributed by atoms with Crippen molar-refractivity contribution in [1.82, 2.24) is 24.5 Å². The minimum absolute atomic E-state index is 0.0339. The average Bonchev–Trinajstić information content (AvgIpc) is 3.64. The summed E-state index contributed by atoms with van der Waals surface area (Å²) >= 11 is 0. The van der Waals surface area contributed by atoms with Gasteiger partial charge in [-0.05, 0) is 44.2 Å². The number of rotatable bonds is 4. The Labute approximate surface area is 217 Å². The fourth-order valence-electron chi connectivity index (χ4n) is 5.78. The highest BCUT2D eigenvalue weighted by Gasteiger charge is 2.40. The van der Waals surface area contributed by atoms with Crippen molar-refractivity contribution < 1.29 is 9.53 Å². The van der Waals surface area contributed by atoms with Crippen molar-refractivity contribution in [2.75, 3.05) is 24.5 Å². The van der Waals surface area contributed by atoms with E-state index in [2.05, 4.69) is 48.7 Å². The van der Waals surface area contributed by atoms with E-state index in [0.717, 1.165) is 35.5 Å². The molecule has 0 spiro atoms. The van der Waals surface area contributed by atoms with Gasteiger partial charge in [0.15, 0.2) is 5.65 Å². The summed E-state index contributed by atoms with van der Waals surface area (Å²) in [6.45, 7) is 10.8. The van der Waals surface area contributed by atoms with E-state index < -0.39 is 0 Å². The van der Waals surface area contributed by atoms with Crippen molar-refractivity contribution in [2.45, 2.75) is 71.1 Å². The molecule has 0 bridgehead atoms. The first-order valence-electron chi connectivity index (χ1n) is 13.2. The molecule has 2 aliphatic heterocycles. The van der Waals surface area contributed by atoms with Crippen molar-refractivity contribution in [3.05, 3.63) is 52.6 Å². The molecule has 1 atom stereocenters. The maximum absolute atomic E-state index is 13.7. The molecule has 37 heavy (non-hydrogen) atoms. The van der Waals surface area contributed by atoms with E-state index >= 15 is 0 Å². The van der Waals surface area contributed by atoms with Crippen LogP contribution in [-0.2, 0) is 17.8 Å². The zero-order valence-corrected chi connectivity index (χ0v) is 21.9. The second-order valence-corrected chi connectivity index (χ2v) is 11.5. The molecular formula is C28H33N7O2. The summed E-state index contributed by atoms with van der Waals surface area (Å²) in [5.74, 6) is 1.40. The van der Waals surface area contributed by atoms with Gasteiger partial charge in [-0.1, -0.05) is 13.8 Å². The molecular weight excluding hydrogens is 466 g/mol. The van der Waals surface area contributed by atoms with Gasteiger partial charge in [-0.3, -0.25) is 4.79 Å². The zero-order chi connectivity index (χ0) is 25.9. The van der Waals surface area contributed by atoms with Crippen LogP contribution in [0.3, 0.4) is 0 Å². The molecule has 0 aromatic carbocycles. The molecule has 0 unspecified atom stereocenters. The molecule has 3 aliphatic rings. The molecule has 5 heterocycles. The van der Waals surface area contributed by atoms with E-state index in [1.807, 2.05) is 4.90 Å². The number of nitriles is 1. The second-order valence-electron chi connectivity index (χ2n) is 11.5. The molecule has 6 rings (SSSR count). The van der Waals surface area contributed by atoms with Crippen molar-refractivity contribution in [1.29, 1.82) is 5.26 Å². The quantitative estimate of drug-likeness (QED) is 0.539. The molecule has 0 N–H and O–H groups in total. The lowest BCUT2D eigenvalue weighted by Gasteiger charge is -2.44. The Bertz CT molecular complexity index is 1420. The van der Waals surface area contributed by atoms with Gasteiger partial charge in [0.2, 0.25) is 0 Å². The number of piperazine rings is 1. The summed E-state index contributed by atoms with van der Waals surface area (Å²) < 4.78 is 7.76. The Balaban J connectivity index is 1.35. The van der Waals surface area contributed by atoms with Gasteiger partial charge in [-0.25, -0.2) is 14.5 Å². The molecule has 1 aliphatic carbocycles. The van der Waals surface area contributed by atoms with Gasteiger partial charge in [0.25, 0.3) is 5.91 Å². The van der Waals surface area contributed by atoms with Crippen LogP contribution in [0.4, 0.5) is 5.82 Å². The third-order valence-corrected chi connectivity index (χ3v) is 7.97. The zero-order valence-electron chi connectivity index (χ0n) is 21.9. The van der Waals surface area contributed by atoms with Gasteiger partial charge < -0.3 is 14.5 Å². The van der Waals surface area contributed by atoms with Crippen LogP contribution in [0.25, 0.3) is 5.65 Å². The topological polar surface area (TPSA) is 99.7 Å². The van der Waals surface area contributed by atoms with Crippen molar-refractivity contribution >= 4 is 17.4 Å². The third-order valence-electron chi connectivity index (χ3n) is 7.97. The maximum Gasteiger partial charge on any atom is 0.259 e. The van der Waals surface area contributed by atoms with Crippen molar-refractivity contribution in [3.63, 3.8) is 0 Å². The van der Waals surface area contributed by atoms with E-state index in [0.29, 0.717) is 55.4 Å². The number of aromatic nitrogens is 4. The molecule has 1 amide bonds. The number of carbonyl (C=O) groups excluding carboxylic acids is 1. The van der Waals surface area contributed by atoms with E-state index in [9.17, 15) is 10.1 Å². The molecule has 9 nitrogen and oxygen atoms in total. The summed E-state index contributed by atoms with van der Waals surface area (Å²) in [5, 5.41) is 14.6. The van der Waals surface area contributed by atoms with Crippen LogP contribution in [0.15, 0.2) is 24.7 Å². The molecule has 1 saturated heterocycles. The molecule has 1 saturated carbocycles. The Hall–Kier alpha value is -3.51. The first-order valence-corrected chi connectivity index (χ1v) is 13.2. The van der Waals surface area contributed by atoms with E-state index in [-0.39, 0.29) is 23.5 Å². The minimum Gasteiger partial charge on any atom is -0.370 e. The predicted octanol–water partition coefficient (Wildman–Crippen LogP) is 3.71. The predicted molar refractivity (Wildman–Crippen MR) is 138 cm³/mol. The fourth-order valence-corrected chi connectivity index (χ4v) is 5.78. The molecule has 2 fully saturated rings. The van der Waals surface area contributed by atoms with E-state index in [1.54, 1.807) is 29.2 Å². The highest BCUT2D eigenvalue weighted by atomic mass is 16.5. The normalized spacial score (nSPS) is 21.2. The molecule has 3 aromatic heterocycles. The summed E-state index contributed by atoms with van der Waals surface area (Å²) in [7, 11) is 0. The second kappa shape index (κ2) is 8.80. The van der Waals surface area contributed by atoms with Crippen LogP contribution in [-0.4, -0.2) is 61.7 Å². The van der Waals surface area contributed by atoms with Gasteiger partial charge in [0.05, 0.1) is 35.7 Å². The van der Waals surface area contributed by atoms with Crippen LogP contribution in [0.5, 0.6) is 0 Å². The smallest absolute Gasteiger partial charge is 0.259 e. The molecule has 0 radical (unpaired) electrons. The van der Waals surface area contributed by atoms with Crippen molar-refractivity contribution in [2.24, 2.45) is 5.92 Å². The molecule has 3 aromatic rings. The Morgan fingerprint density at radius 2 is 2.05 bits per heavy atom. The lowest BCUT2D eigenvalue weighted by molar-refractivity contribution is -0.0407. The SMILES string of the molecule is CC(C)[C@@H]1CN(c2nc(C3CC3)c3c(c2C#N)CC(C)(C)OC3)CCN1C(=O)c1cnn2cccnc12. The standard InChI is InChI=1S/C28H33N7O2/c1-17(2)23-15-33(10-11-34(23)27(36)21-14-31-35-9-5-8-30-25(21)35)26-20(13-29)19-12-28(3,4)37-16-22(19)24(32-26)18-6-7-18/h5,8-9,14,17-18,23H,6-7,10-12,15-16H2,1-4H3/t23-/m0/s1. The molecule has 192 valence electrons. The Morgan fingerprint density at radius 1 is 1.24 bits per heavy atom. The lowest BCUT2D eigenvalue weighted by Crippen LogP contribution is -2.57. The number of ether oxygens (including phenoxy) is 1. The number of nitrogens with zero attached hydrogens (tertiary/aromatic N) is 7. The van der Waals surface area contributed by atoms with Gasteiger partial charge in [-0.2, -0.15) is 10.4 Å². The van der Waals surface area contributed by atoms with E-state index in [4.69, 9.17) is 9.72 Å². The van der Waals surface area contributed by atoms with Gasteiger partial charge in [0, 0.05) is 49.9 Å². The van der Waals surface area contributed by atoms with Crippen LogP contribution in [0, 0.1) is 17.2 Å².